The van der Waals surface area contributed by atoms with Crippen molar-refractivity contribution in [2.24, 2.45) is 0 Å². The van der Waals surface area contributed by atoms with Gasteiger partial charge in [-0.25, -0.2) is 12.7 Å². The molecule has 0 aliphatic rings. The van der Waals surface area contributed by atoms with Crippen LogP contribution in [0.15, 0.2) is 21.2 Å². The molecule has 0 bridgehead atoms. The number of furan rings is 1. The summed E-state index contributed by atoms with van der Waals surface area (Å²) >= 11 is 3.22. The molecule has 1 atom stereocenters. The van der Waals surface area contributed by atoms with Crippen LogP contribution in [0, 0.1) is 0 Å². The highest BCUT2D eigenvalue weighted by atomic mass is 79.9. The lowest BCUT2D eigenvalue weighted by Gasteiger charge is -2.14. The Hall–Kier alpha value is -0.370. The van der Waals surface area contributed by atoms with Gasteiger partial charge in [0.25, 0.3) is 0 Å². The van der Waals surface area contributed by atoms with Crippen LogP contribution in [0.2, 0.25) is 0 Å². The van der Waals surface area contributed by atoms with Gasteiger partial charge in [-0.2, -0.15) is 0 Å². The molecule has 0 fully saturated rings. The summed E-state index contributed by atoms with van der Waals surface area (Å²) in [6.45, 7) is 2.31. The van der Waals surface area contributed by atoms with Crippen molar-refractivity contribution in [3.63, 3.8) is 0 Å². The van der Waals surface area contributed by atoms with Gasteiger partial charge in [0, 0.05) is 20.6 Å². The largest absolute Gasteiger partial charge is 0.453 e. The first-order valence-corrected chi connectivity index (χ1v) is 7.62. The minimum Gasteiger partial charge on any atom is -0.453 e. The molecule has 98 valence electrons. The maximum absolute atomic E-state index is 11.5. The quantitative estimate of drug-likeness (QED) is 0.863. The Balaban J connectivity index is 2.42. The van der Waals surface area contributed by atoms with Crippen LogP contribution in [0.5, 0.6) is 0 Å². The van der Waals surface area contributed by atoms with Gasteiger partial charge in [0.15, 0.2) is 4.67 Å². The topological polar surface area (TPSA) is 62.6 Å². The fraction of sp³-hybridized carbons (Fsp3) is 0.600. The van der Waals surface area contributed by atoms with Crippen LogP contribution in [0.25, 0.3) is 0 Å². The van der Waals surface area contributed by atoms with Gasteiger partial charge in [-0.15, -0.1) is 0 Å². The van der Waals surface area contributed by atoms with E-state index in [0.29, 0.717) is 11.2 Å². The highest BCUT2D eigenvalue weighted by Crippen LogP contribution is 2.19. The minimum atomic E-state index is -3.14. The Morgan fingerprint density at radius 3 is 2.59 bits per heavy atom. The molecular weight excluding hydrogens is 308 g/mol. The zero-order valence-corrected chi connectivity index (χ0v) is 12.5. The molecule has 1 unspecified atom stereocenters. The number of nitrogens with one attached hydrogen (secondary N) is 1. The van der Waals surface area contributed by atoms with Gasteiger partial charge >= 0.3 is 0 Å². The van der Waals surface area contributed by atoms with E-state index in [2.05, 4.69) is 21.2 Å². The summed E-state index contributed by atoms with van der Waals surface area (Å²) in [6, 6.07) is 3.64. The highest BCUT2D eigenvalue weighted by molar-refractivity contribution is 9.10. The molecule has 0 aromatic carbocycles. The molecule has 0 saturated carbocycles. The molecule has 1 aromatic rings. The lowest BCUT2D eigenvalue weighted by atomic mass is 10.2. The molecule has 17 heavy (non-hydrogen) atoms. The molecule has 0 saturated heterocycles. The van der Waals surface area contributed by atoms with Crippen molar-refractivity contribution >= 4 is 26.0 Å². The monoisotopic (exact) mass is 324 g/mol. The number of rotatable bonds is 6. The van der Waals surface area contributed by atoms with Gasteiger partial charge in [0.1, 0.15) is 5.76 Å². The molecule has 0 aliphatic heterocycles. The summed E-state index contributed by atoms with van der Waals surface area (Å²) in [5.74, 6) is 0.853. The predicted octanol–water partition coefficient (Wildman–Crippen LogP) is 1.58. The van der Waals surface area contributed by atoms with E-state index in [9.17, 15) is 8.42 Å². The van der Waals surface area contributed by atoms with Crippen LogP contribution in [-0.2, 0) is 10.0 Å². The number of sulfonamides is 1. The van der Waals surface area contributed by atoms with E-state index in [1.165, 1.54) is 18.4 Å². The predicted molar refractivity (Wildman–Crippen MR) is 70.3 cm³/mol. The third-order valence-corrected chi connectivity index (χ3v) is 4.65. The fourth-order valence-electron chi connectivity index (χ4n) is 1.25. The first-order valence-electron chi connectivity index (χ1n) is 5.22. The van der Waals surface area contributed by atoms with Crippen molar-refractivity contribution in [1.82, 2.24) is 9.62 Å². The third kappa shape index (κ3) is 4.42. The molecular formula is C10H17BrN2O3S. The van der Waals surface area contributed by atoms with Crippen molar-refractivity contribution in [2.75, 3.05) is 26.4 Å². The summed E-state index contributed by atoms with van der Waals surface area (Å²) < 4.78 is 30.3. The van der Waals surface area contributed by atoms with Gasteiger partial charge < -0.3 is 9.73 Å². The first kappa shape index (κ1) is 14.7. The average Bonchev–Trinajstić information content (AvgIpc) is 2.64. The van der Waals surface area contributed by atoms with Gasteiger partial charge in [0.2, 0.25) is 10.0 Å². The maximum Gasteiger partial charge on any atom is 0.214 e. The molecule has 1 N–H and O–H groups in total. The van der Waals surface area contributed by atoms with E-state index in [1.54, 1.807) is 0 Å². The Kier molecular flexibility index (Phi) is 5.18. The number of hydrogen-bond donors (Lipinski definition) is 1. The lowest BCUT2D eigenvalue weighted by Crippen LogP contribution is -2.32. The number of halogens is 1. The van der Waals surface area contributed by atoms with Crippen molar-refractivity contribution < 1.29 is 12.8 Å². The maximum atomic E-state index is 11.5. The zero-order chi connectivity index (χ0) is 13.1. The fourth-order valence-corrected chi connectivity index (χ4v) is 2.31. The number of nitrogens with zero attached hydrogens (tertiary/aromatic N) is 1. The molecule has 0 amide bonds. The molecule has 7 heteroatoms. The minimum absolute atomic E-state index is 0.0151. The van der Waals surface area contributed by atoms with E-state index < -0.39 is 10.0 Å². The second-order valence-electron chi connectivity index (χ2n) is 3.92. The van der Waals surface area contributed by atoms with Crippen LogP contribution in [0.4, 0.5) is 0 Å². The normalized spacial score (nSPS) is 14.2. The summed E-state index contributed by atoms with van der Waals surface area (Å²) in [4.78, 5) is 0. The summed E-state index contributed by atoms with van der Waals surface area (Å²) in [6.07, 6.45) is 0. The summed E-state index contributed by atoms with van der Waals surface area (Å²) in [5.41, 5.74) is 0. The summed E-state index contributed by atoms with van der Waals surface area (Å²) in [5, 5.41) is 3.10. The Morgan fingerprint density at radius 1 is 1.47 bits per heavy atom. The zero-order valence-electron chi connectivity index (χ0n) is 10.1. The van der Waals surface area contributed by atoms with Gasteiger partial charge in [-0.1, -0.05) is 0 Å². The van der Waals surface area contributed by atoms with E-state index in [0.717, 1.165) is 5.76 Å². The van der Waals surface area contributed by atoms with E-state index >= 15 is 0 Å². The molecule has 1 heterocycles. The van der Waals surface area contributed by atoms with Crippen LogP contribution >= 0.6 is 15.9 Å². The van der Waals surface area contributed by atoms with Crippen molar-refractivity contribution in [1.29, 1.82) is 0 Å². The van der Waals surface area contributed by atoms with E-state index in [4.69, 9.17) is 4.42 Å². The van der Waals surface area contributed by atoms with E-state index in [1.807, 2.05) is 19.1 Å². The van der Waals surface area contributed by atoms with Crippen molar-refractivity contribution in [2.45, 2.75) is 13.0 Å². The number of hydrogen-bond acceptors (Lipinski definition) is 4. The van der Waals surface area contributed by atoms with E-state index in [-0.39, 0.29) is 11.8 Å². The van der Waals surface area contributed by atoms with Crippen molar-refractivity contribution in [3.8, 4) is 0 Å². The first-order chi connectivity index (χ1) is 7.83. The molecule has 1 rings (SSSR count). The van der Waals surface area contributed by atoms with Crippen molar-refractivity contribution in [3.05, 3.63) is 22.6 Å². The SMILES string of the molecule is CC(NCCS(=O)(=O)N(C)C)c1ccc(Br)o1. The average molecular weight is 325 g/mol. The standard InChI is InChI=1S/C10H17BrN2O3S/c1-8(9-4-5-10(11)16-9)12-6-7-17(14,15)13(2)3/h4-5,8,12H,6-7H2,1-3H3. The van der Waals surface area contributed by atoms with Crippen LogP contribution in [0.3, 0.4) is 0 Å². The second kappa shape index (κ2) is 5.99. The smallest absolute Gasteiger partial charge is 0.214 e. The third-order valence-electron chi connectivity index (χ3n) is 2.39. The lowest BCUT2D eigenvalue weighted by molar-refractivity contribution is 0.422. The Bertz CT molecular complexity index is 456. The highest BCUT2D eigenvalue weighted by Gasteiger charge is 2.15. The van der Waals surface area contributed by atoms with Crippen LogP contribution in [-0.4, -0.2) is 39.1 Å². The Labute approximate surface area is 110 Å². The van der Waals surface area contributed by atoms with Crippen LogP contribution < -0.4 is 5.32 Å². The van der Waals surface area contributed by atoms with Crippen LogP contribution in [0.1, 0.15) is 18.7 Å². The van der Waals surface area contributed by atoms with Gasteiger partial charge in [0.05, 0.1) is 11.8 Å². The molecule has 1 aromatic heterocycles. The second-order valence-corrected chi connectivity index (χ2v) is 7.00. The molecule has 0 radical (unpaired) electrons. The van der Waals surface area contributed by atoms with Gasteiger partial charge in [-0.3, -0.25) is 0 Å². The summed E-state index contributed by atoms with van der Waals surface area (Å²) in [7, 11) is -0.0796. The Morgan fingerprint density at radius 2 is 2.12 bits per heavy atom. The van der Waals surface area contributed by atoms with Gasteiger partial charge in [-0.05, 0) is 35.0 Å². The molecule has 5 nitrogen and oxygen atoms in total. The molecule has 0 spiro atoms. The molecule has 0 aliphatic carbocycles.